The number of nitrogens with one attached hydrogen (secondary N) is 1. The van der Waals surface area contributed by atoms with E-state index in [0.717, 1.165) is 0 Å². The van der Waals surface area contributed by atoms with Crippen LogP contribution in [0.4, 0.5) is 4.79 Å². The Balaban J connectivity index is 2.61. The maximum atomic E-state index is 12.3. The Morgan fingerprint density at radius 3 is 2.52 bits per heavy atom. The van der Waals surface area contributed by atoms with Crippen LogP contribution in [0.5, 0.6) is 0 Å². The van der Waals surface area contributed by atoms with Crippen LogP contribution in [0.1, 0.15) is 33.6 Å². The Morgan fingerprint density at radius 2 is 2.00 bits per heavy atom. The van der Waals surface area contributed by atoms with E-state index in [1.54, 1.807) is 14.0 Å². The second kappa shape index (κ2) is 6.78. The predicted molar refractivity (Wildman–Crippen MR) is 77.9 cm³/mol. The highest BCUT2D eigenvalue weighted by molar-refractivity contribution is 5.84. The van der Waals surface area contributed by atoms with Crippen LogP contribution in [0.15, 0.2) is 0 Å². The molecule has 0 aliphatic carbocycles. The molecule has 21 heavy (non-hydrogen) atoms. The van der Waals surface area contributed by atoms with Crippen molar-refractivity contribution in [1.82, 2.24) is 15.1 Å². The average Bonchev–Trinajstić information content (AvgIpc) is 2.36. The number of piperidine rings is 1. The zero-order chi connectivity index (χ0) is 16.2. The van der Waals surface area contributed by atoms with Crippen LogP contribution >= 0.6 is 0 Å². The Labute approximate surface area is 125 Å². The molecule has 3 amide bonds. The normalized spacial score (nSPS) is 22.0. The van der Waals surface area contributed by atoms with Gasteiger partial charge in [0.1, 0.15) is 6.54 Å². The van der Waals surface area contributed by atoms with E-state index >= 15 is 0 Å². The minimum Gasteiger partial charge on any atom is -0.481 e. The number of hydrogen-bond acceptors (Lipinski definition) is 3. The van der Waals surface area contributed by atoms with Crippen molar-refractivity contribution in [1.29, 1.82) is 0 Å². The molecular formula is C14H25N3O4. The van der Waals surface area contributed by atoms with Gasteiger partial charge in [-0.25, -0.2) is 4.79 Å². The van der Waals surface area contributed by atoms with Crippen LogP contribution in [-0.4, -0.2) is 65.5 Å². The Morgan fingerprint density at radius 1 is 1.38 bits per heavy atom. The Bertz CT molecular complexity index is 424. The second-order valence-electron chi connectivity index (χ2n) is 6.25. The molecule has 1 aliphatic heterocycles. The second-order valence-corrected chi connectivity index (χ2v) is 6.25. The van der Waals surface area contributed by atoms with Gasteiger partial charge in [0, 0.05) is 26.2 Å². The quantitative estimate of drug-likeness (QED) is 0.801. The summed E-state index contributed by atoms with van der Waals surface area (Å²) in [6, 6.07) is -0.285. The number of urea groups is 1. The van der Waals surface area contributed by atoms with E-state index < -0.39 is 11.4 Å². The molecule has 0 spiro atoms. The van der Waals surface area contributed by atoms with Crippen molar-refractivity contribution in [3.05, 3.63) is 0 Å². The van der Waals surface area contributed by atoms with E-state index in [-0.39, 0.29) is 31.1 Å². The molecule has 2 N–H and O–H groups in total. The zero-order valence-electron chi connectivity index (χ0n) is 13.2. The highest BCUT2D eigenvalue weighted by atomic mass is 16.4. The summed E-state index contributed by atoms with van der Waals surface area (Å²) in [5.74, 6) is -1.11. The molecular weight excluding hydrogens is 274 g/mol. The molecule has 0 bridgehead atoms. The minimum atomic E-state index is -0.908. The number of carboxylic acids is 1. The van der Waals surface area contributed by atoms with E-state index in [2.05, 4.69) is 5.32 Å². The molecule has 0 saturated carbocycles. The molecule has 7 heteroatoms. The van der Waals surface area contributed by atoms with Gasteiger partial charge in [-0.15, -0.1) is 0 Å². The number of carboxylic acid groups (broad SMARTS) is 1. The number of likely N-dealkylation sites (tertiary alicyclic amines) is 1. The fourth-order valence-corrected chi connectivity index (χ4v) is 2.47. The molecule has 1 saturated heterocycles. The molecule has 7 nitrogen and oxygen atoms in total. The SMILES string of the molecule is CC(C)NC(=O)CN(C)C(=O)N1CCCC(C)(C(=O)O)C1. The largest absolute Gasteiger partial charge is 0.481 e. The number of hydrogen-bond donors (Lipinski definition) is 2. The molecule has 1 rings (SSSR count). The predicted octanol–water partition coefficient (Wildman–Crippen LogP) is 0.750. The van der Waals surface area contributed by atoms with Gasteiger partial charge >= 0.3 is 12.0 Å². The topological polar surface area (TPSA) is 90.0 Å². The molecule has 0 aromatic rings. The highest BCUT2D eigenvalue weighted by Crippen LogP contribution is 2.30. The summed E-state index contributed by atoms with van der Waals surface area (Å²) < 4.78 is 0. The van der Waals surface area contributed by atoms with E-state index in [4.69, 9.17) is 0 Å². The van der Waals surface area contributed by atoms with Gasteiger partial charge < -0.3 is 20.2 Å². The van der Waals surface area contributed by atoms with E-state index in [0.29, 0.717) is 19.4 Å². The van der Waals surface area contributed by atoms with Gasteiger partial charge in [0.05, 0.1) is 5.41 Å². The fourth-order valence-electron chi connectivity index (χ4n) is 2.47. The molecule has 1 fully saturated rings. The van der Waals surface area contributed by atoms with Gasteiger partial charge in [0.2, 0.25) is 5.91 Å². The number of carbonyl (C=O) groups excluding carboxylic acids is 2. The van der Waals surface area contributed by atoms with Gasteiger partial charge in [-0.2, -0.15) is 0 Å². The third-order valence-electron chi connectivity index (χ3n) is 3.64. The van der Waals surface area contributed by atoms with Crippen molar-refractivity contribution in [3.63, 3.8) is 0 Å². The lowest BCUT2D eigenvalue weighted by Gasteiger charge is -2.39. The number of carbonyl (C=O) groups is 3. The first-order chi connectivity index (χ1) is 9.65. The average molecular weight is 299 g/mol. The number of aliphatic carboxylic acids is 1. The summed E-state index contributed by atoms with van der Waals surface area (Å²) in [5, 5.41) is 12.0. The molecule has 1 heterocycles. The molecule has 0 radical (unpaired) electrons. The smallest absolute Gasteiger partial charge is 0.320 e. The van der Waals surface area contributed by atoms with Crippen LogP contribution in [0, 0.1) is 5.41 Å². The van der Waals surface area contributed by atoms with Crippen LogP contribution in [-0.2, 0) is 9.59 Å². The summed E-state index contributed by atoms with van der Waals surface area (Å²) in [5.41, 5.74) is -0.908. The number of rotatable bonds is 4. The number of nitrogens with zero attached hydrogens (tertiary/aromatic N) is 2. The van der Waals surface area contributed by atoms with Crippen molar-refractivity contribution in [2.75, 3.05) is 26.7 Å². The van der Waals surface area contributed by atoms with Crippen molar-refractivity contribution in [2.24, 2.45) is 5.41 Å². The summed E-state index contributed by atoms with van der Waals surface area (Å²) in [4.78, 5) is 38.1. The van der Waals surface area contributed by atoms with Crippen molar-refractivity contribution >= 4 is 17.9 Å². The van der Waals surface area contributed by atoms with Crippen LogP contribution in [0.2, 0.25) is 0 Å². The Kier molecular flexibility index (Phi) is 5.57. The van der Waals surface area contributed by atoms with E-state index in [1.807, 2.05) is 13.8 Å². The lowest BCUT2D eigenvalue weighted by atomic mass is 9.82. The zero-order valence-corrected chi connectivity index (χ0v) is 13.2. The summed E-state index contributed by atoms with van der Waals surface area (Å²) in [6.45, 7) is 6.03. The molecule has 1 aliphatic rings. The summed E-state index contributed by atoms with van der Waals surface area (Å²) >= 11 is 0. The van der Waals surface area contributed by atoms with Crippen LogP contribution in [0.25, 0.3) is 0 Å². The maximum Gasteiger partial charge on any atom is 0.320 e. The van der Waals surface area contributed by atoms with Crippen molar-refractivity contribution in [3.8, 4) is 0 Å². The maximum absolute atomic E-state index is 12.3. The minimum absolute atomic E-state index is 0.0197. The third-order valence-corrected chi connectivity index (χ3v) is 3.64. The van der Waals surface area contributed by atoms with Gasteiger partial charge in [-0.1, -0.05) is 0 Å². The van der Waals surface area contributed by atoms with Gasteiger partial charge in [0.25, 0.3) is 0 Å². The lowest BCUT2D eigenvalue weighted by Crippen LogP contribution is -2.53. The molecule has 120 valence electrons. The van der Waals surface area contributed by atoms with E-state index in [9.17, 15) is 19.5 Å². The first-order valence-electron chi connectivity index (χ1n) is 7.18. The third kappa shape index (κ3) is 4.61. The van der Waals surface area contributed by atoms with Gasteiger partial charge in [-0.3, -0.25) is 9.59 Å². The standard InChI is InChI=1S/C14H25N3O4/c1-10(2)15-11(18)8-16(4)13(21)17-7-5-6-14(3,9-17)12(19)20/h10H,5-9H2,1-4H3,(H,15,18)(H,19,20). The molecule has 1 atom stereocenters. The van der Waals surface area contributed by atoms with Crippen molar-refractivity contribution < 1.29 is 19.5 Å². The van der Waals surface area contributed by atoms with E-state index in [1.165, 1.54) is 9.80 Å². The summed E-state index contributed by atoms with van der Waals surface area (Å²) in [6.07, 6.45) is 1.21. The van der Waals surface area contributed by atoms with Gasteiger partial charge in [0.15, 0.2) is 0 Å². The van der Waals surface area contributed by atoms with Crippen LogP contribution < -0.4 is 5.32 Å². The van der Waals surface area contributed by atoms with Crippen LogP contribution in [0.3, 0.4) is 0 Å². The number of likely N-dealkylation sites (N-methyl/N-ethyl adjacent to an activating group) is 1. The fraction of sp³-hybridized carbons (Fsp3) is 0.786. The first-order valence-corrected chi connectivity index (χ1v) is 7.18. The number of amides is 3. The van der Waals surface area contributed by atoms with Crippen molar-refractivity contribution in [2.45, 2.75) is 39.7 Å². The Hall–Kier alpha value is -1.79. The van der Waals surface area contributed by atoms with Gasteiger partial charge in [-0.05, 0) is 33.6 Å². The first kappa shape index (κ1) is 17.3. The summed E-state index contributed by atoms with van der Waals surface area (Å²) in [7, 11) is 1.55. The monoisotopic (exact) mass is 299 g/mol. The highest BCUT2D eigenvalue weighted by Gasteiger charge is 2.40. The molecule has 1 unspecified atom stereocenters. The molecule has 0 aromatic heterocycles. The lowest BCUT2D eigenvalue weighted by molar-refractivity contribution is -0.150. The molecule has 0 aromatic carbocycles.